The molecule has 1 aliphatic heterocycles. The van der Waals surface area contributed by atoms with Gasteiger partial charge < -0.3 is 15.1 Å². The van der Waals surface area contributed by atoms with Crippen LogP contribution in [-0.4, -0.2) is 65.1 Å². The van der Waals surface area contributed by atoms with Crippen molar-refractivity contribution in [3.63, 3.8) is 0 Å². The fourth-order valence-corrected chi connectivity index (χ4v) is 4.80. The van der Waals surface area contributed by atoms with Gasteiger partial charge in [0.2, 0.25) is 0 Å². The fourth-order valence-electron chi connectivity index (χ4n) is 4.80. The summed E-state index contributed by atoms with van der Waals surface area (Å²) < 4.78 is 14.9. The molecule has 0 unspecified atom stereocenters. The molecule has 0 bridgehead atoms. The van der Waals surface area contributed by atoms with Gasteiger partial charge in [0.1, 0.15) is 11.6 Å². The van der Waals surface area contributed by atoms with Gasteiger partial charge in [-0.2, -0.15) is 5.10 Å². The number of hydrogen-bond donors (Lipinski definition) is 2. The van der Waals surface area contributed by atoms with Crippen molar-refractivity contribution in [2.75, 3.05) is 38.1 Å². The molecule has 5 rings (SSSR count). The molecule has 2 N–H and O–H groups in total. The molecule has 2 aromatic carbocycles. The van der Waals surface area contributed by atoms with Gasteiger partial charge in [0.05, 0.1) is 16.6 Å². The number of amides is 2. The second-order valence-corrected chi connectivity index (χ2v) is 9.39. The van der Waals surface area contributed by atoms with Crippen LogP contribution < -0.4 is 15.8 Å². The second kappa shape index (κ2) is 13.5. The van der Waals surface area contributed by atoms with Crippen molar-refractivity contribution in [1.29, 1.82) is 0 Å². The number of fused-ring (bicyclic) bond motifs is 1. The van der Waals surface area contributed by atoms with Crippen LogP contribution in [0.15, 0.2) is 59.5 Å². The highest BCUT2D eigenvalue weighted by Crippen LogP contribution is 2.22. The number of halogens is 1. The Balaban J connectivity index is 0.00000198. The zero-order chi connectivity index (χ0) is 30.2. The lowest BCUT2D eigenvalue weighted by Crippen LogP contribution is -2.49. The normalized spacial score (nSPS) is 12.6. The Kier molecular flexibility index (Phi) is 9.65. The average Bonchev–Trinajstić information content (AvgIpc) is 3.04. The summed E-state index contributed by atoms with van der Waals surface area (Å²) in [6.45, 7) is 7.48. The van der Waals surface area contributed by atoms with E-state index in [0.717, 1.165) is 5.56 Å². The molecule has 10 heteroatoms. The summed E-state index contributed by atoms with van der Waals surface area (Å²) in [7, 11) is 1.57. The molecule has 42 heavy (non-hydrogen) atoms. The van der Waals surface area contributed by atoms with Gasteiger partial charge in [0.25, 0.3) is 17.4 Å². The number of rotatable bonds is 5. The van der Waals surface area contributed by atoms with Crippen LogP contribution in [0.5, 0.6) is 0 Å². The molecule has 1 aliphatic rings. The van der Waals surface area contributed by atoms with Gasteiger partial charge in [-0.1, -0.05) is 25.8 Å². The monoisotopic (exact) mass is 568 g/mol. The number of piperazine rings is 1. The molecule has 0 atom stereocenters. The van der Waals surface area contributed by atoms with Gasteiger partial charge in [-0.25, -0.2) is 14.5 Å². The zero-order valence-electron chi connectivity index (χ0n) is 24.1. The van der Waals surface area contributed by atoms with E-state index in [0.29, 0.717) is 59.6 Å². The van der Waals surface area contributed by atoms with Crippen LogP contribution in [0.4, 0.5) is 10.2 Å². The van der Waals surface area contributed by atoms with Crippen molar-refractivity contribution in [3.8, 4) is 11.8 Å². The lowest BCUT2D eigenvalue weighted by Gasteiger charge is -2.35. The maximum absolute atomic E-state index is 14.9. The molecule has 1 fully saturated rings. The number of benzene rings is 2. The van der Waals surface area contributed by atoms with E-state index in [2.05, 4.69) is 32.3 Å². The molecule has 0 aliphatic carbocycles. The van der Waals surface area contributed by atoms with Crippen molar-refractivity contribution in [3.05, 3.63) is 98.8 Å². The van der Waals surface area contributed by atoms with Crippen LogP contribution in [0.3, 0.4) is 0 Å². The Labute approximate surface area is 243 Å². The van der Waals surface area contributed by atoms with E-state index in [9.17, 15) is 18.8 Å². The quantitative estimate of drug-likeness (QED) is 0.355. The number of carbonyl (C=O) groups excluding carboxylic acids is 2. The first-order valence-corrected chi connectivity index (χ1v) is 13.8. The van der Waals surface area contributed by atoms with Crippen LogP contribution in [0.2, 0.25) is 0 Å². The number of nitrogens with one attached hydrogen (secondary N) is 2. The molecule has 3 heterocycles. The topological polar surface area (TPSA) is 111 Å². The summed E-state index contributed by atoms with van der Waals surface area (Å²) in [5, 5.41) is 10.5. The molecule has 0 radical (unpaired) electrons. The Bertz CT molecular complexity index is 1730. The van der Waals surface area contributed by atoms with Crippen LogP contribution in [0, 0.1) is 17.7 Å². The summed E-state index contributed by atoms with van der Waals surface area (Å²) in [6.07, 6.45) is 1.87. The van der Waals surface area contributed by atoms with Crippen LogP contribution >= 0.6 is 0 Å². The lowest BCUT2D eigenvalue weighted by molar-refractivity contribution is 0.0741. The molecule has 0 spiro atoms. The van der Waals surface area contributed by atoms with Gasteiger partial charge in [-0.15, -0.1) is 5.92 Å². The third kappa shape index (κ3) is 6.47. The average molecular weight is 569 g/mol. The maximum atomic E-state index is 14.9. The minimum Gasteiger partial charge on any atom is -0.355 e. The summed E-state index contributed by atoms with van der Waals surface area (Å²) in [5.41, 5.74) is 2.22. The Hall–Kier alpha value is -5.04. The smallest absolute Gasteiger partial charge is 0.272 e. The highest BCUT2D eigenvalue weighted by Gasteiger charge is 2.25. The standard InChI is InChI=1S/C30H27FN6O3.C2H6/c1-3-4-19-5-7-22-23(15-19)26(34-35-29(22)39)17-20-6-8-25(31)24(16-20)30(40)37-13-11-36(12-14-37)27-18-21(9-10-33-27)28(38)32-2;1-2/h5-10,15-16,18H,11-14,17H2,1-2H3,(H,32,38)(H,35,39);1-2H3. The van der Waals surface area contributed by atoms with Crippen molar-refractivity contribution in [2.24, 2.45) is 0 Å². The first-order valence-electron chi connectivity index (χ1n) is 13.8. The van der Waals surface area contributed by atoms with Crippen molar-refractivity contribution < 1.29 is 14.0 Å². The second-order valence-electron chi connectivity index (χ2n) is 9.39. The number of carbonyl (C=O) groups is 2. The number of aromatic amines is 1. The van der Waals surface area contributed by atoms with Gasteiger partial charge in [0.15, 0.2) is 0 Å². The van der Waals surface area contributed by atoms with Crippen LogP contribution in [-0.2, 0) is 6.42 Å². The number of aromatic nitrogens is 3. The molecule has 2 amide bonds. The third-order valence-corrected chi connectivity index (χ3v) is 6.90. The summed E-state index contributed by atoms with van der Waals surface area (Å²) in [6, 6.07) is 13.1. The number of pyridine rings is 1. The minimum atomic E-state index is -0.601. The summed E-state index contributed by atoms with van der Waals surface area (Å²) in [5.74, 6) is 5.28. The Morgan fingerprint density at radius 3 is 2.50 bits per heavy atom. The maximum Gasteiger partial charge on any atom is 0.272 e. The van der Waals surface area contributed by atoms with Gasteiger partial charge in [-0.05, 0) is 55.0 Å². The highest BCUT2D eigenvalue weighted by molar-refractivity contribution is 5.95. The SMILES string of the molecule is CC.CC#Cc1ccc2c(=O)[nH]nc(Cc3ccc(F)c(C(=O)N4CCN(c5cc(C(=O)NC)ccn5)CC4)c3)c2c1. The zero-order valence-corrected chi connectivity index (χ0v) is 24.1. The Morgan fingerprint density at radius 1 is 1.02 bits per heavy atom. The fraction of sp³-hybridized carbons (Fsp3) is 0.281. The Morgan fingerprint density at radius 2 is 1.79 bits per heavy atom. The van der Waals surface area contributed by atoms with Gasteiger partial charge in [-0.3, -0.25) is 14.4 Å². The van der Waals surface area contributed by atoms with E-state index in [4.69, 9.17) is 0 Å². The molecule has 0 saturated carbocycles. The van der Waals surface area contributed by atoms with Crippen molar-refractivity contribution in [2.45, 2.75) is 27.2 Å². The molecule has 1 saturated heterocycles. The van der Waals surface area contributed by atoms with E-state index in [1.807, 2.05) is 24.8 Å². The largest absolute Gasteiger partial charge is 0.355 e. The molecule has 2 aromatic heterocycles. The predicted octanol–water partition coefficient (Wildman–Crippen LogP) is 3.77. The summed E-state index contributed by atoms with van der Waals surface area (Å²) >= 11 is 0. The van der Waals surface area contributed by atoms with E-state index in [-0.39, 0.29) is 23.5 Å². The van der Waals surface area contributed by atoms with E-state index in [1.54, 1.807) is 61.5 Å². The molecular weight excluding hydrogens is 535 g/mol. The number of H-pyrrole nitrogens is 1. The van der Waals surface area contributed by atoms with Crippen molar-refractivity contribution >= 4 is 28.4 Å². The molecule has 216 valence electrons. The third-order valence-electron chi connectivity index (χ3n) is 6.90. The van der Waals surface area contributed by atoms with E-state index in [1.165, 1.54) is 6.07 Å². The molecule has 9 nitrogen and oxygen atoms in total. The van der Waals surface area contributed by atoms with Crippen LogP contribution in [0.1, 0.15) is 58.3 Å². The molecule has 4 aromatic rings. The number of nitrogens with zero attached hydrogens (tertiary/aromatic N) is 4. The van der Waals surface area contributed by atoms with E-state index >= 15 is 0 Å². The first kappa shape index (κ1) is 29.9. The van der Waals surface area contributed by atoms with Gasteiger partial charge in [0, 0.05) is 62.4 Å². The van der Waals surface area contributed by atoms with E-state index < -0.39 is 11.7 Å². The first-order chi connectivity index (χ1) is 20.4. The number of hydrogen-bond acceptors (Lipinski definition) is 6. The van der Waals surface area contributed by atoms with Crippen LogP contribution in [0.25, 0.3) is 10.8 Å². The highest BCUT2D eigenvalue weighted by atomic mass is 19.1. The van der Waals surface area contributed by atoms with Crippen molar-refractivity contribution in [1.82, 2.24) is 25.4 Å². The number of anilines is 1. The summed E-state index contributed by atoms with van der Waals surface area (Å²) in [4.78, 5) is 45.6. The predicted molar refractivity (Wildman–Crippen MR) is 161 cm³/mol. The lowest BCUT2D eigenvalue weighted by atomic mass is 10.0. The van der Waals surface area contributed by atoms with Gasteiger partial charge >= 0.3 is 0 Å². The molecular formula is C32H33FN6O3. The minimum absolute atomic E-state index is 0.0167.